The van der Waals surface area contributed by atoms with Gasteiger partial charge in [-0.1, -0.05) is 31.4 Å². The van der Waals surface area contributed by atoms with E-state index in [9.17, 15) is 9.59 Å². The molecule has 1 aliphatic carbocycles. The molecule has 228 valence electrons. The number of esters is 1. The number of methoxy groups -OCH3 is 2. The average molecular weight is 572 g/mol. The van der Waals surface area contributed by atoms with E-state index in [0.717, 1.165) is 44.1 Å². The van der Waals surface area contributed by atoms with E-state index in [-0.39, 0.29) is 23.9 Å². The molecule has 1 aromatic carbocycles. The van der Waals surface area contributed by atoms with E-state index in [0.29, 0.717) is 62.9 Å². The molecule has 1 amide bonds. The summed E-state index contributed by atoms with van der Waals surface area (Å²) in [5, 5.41) is 0. The molecule has 0 N–H and O–H groups in total. The third-order valence-electron chi connectivity index (χ3n) is 8.01. The first-order chi connectivity index (χ1) is 19.9. The van der Waals surface area contributed by atoms with Crippen LogP contribution in [0.25, 0.3) is 0 Å². The van der Waals surface area contributed by atoms with Gasteiger partial charge >= 0.3 is 5.97 Å². The molecule has 0 spiro atoms. The zero-order chi connectivity index (χ0) is 29.6. The molecule has 1 aliphatic heterocycles. The van der Waals surface area contributed by atoms with E-state index in [1.807, 2.05) is 19.1 Å². The fourth-order valence-electron chi connectivity index (χ4n) is 6.01. The summed E-state index contributed by atoms with van der Waals surface area (Å²) < 4.78 is 28.8. The van der Waals surface area contributed by atoms with Crippen LogP contribution in [0.2, 0.25) is 0 Å². The minimum absolute atomic E-state index is 0.0223. The van der Waals surface area contributed by atoms with Gasteiger partial charge in [0.15, 0.2) is 11.5 Å². The lowest BCUT2D eigenvalue weighted by molar-refractivity contribution is -0.161. The summed E-state index contributed by atoms with van der Waals surface area (Å²) in [6, 6.07) is 3.24. The van der Waals surface area contributed by atoms with Crippen molar-refractivity contribution in [2.24, 2.45) is 5.92 Å². The number of carbonyl (C=O) groups is 2. The van der Waals surface area contributed by atoms with Crippen molar-refractivity contribution in [2.45, 2.75) is 89.2 Å². The number of rotatable bonds is 16. The van der Waals surface area contributed by atoms with Crippen LogP contribution < -0.4 is 14.2 Å². The fourth-order valence-corrected chi connectivity index (χ4v) is 6.01. The molecule has 1 aromatic rings. The monoisotopic (exact) mass is 571 g/mol. The summed E-state index contributed by atoms with van der Waals surface area (Å²) in [6.07, 6.45) is 12.1. The third-order valence-corrected chi connectivity index (χ3v) is 8.01. The number of nitrogens with zero attached hydrogens (tertiary/aromatic N) is 1. The summed E-state index contributed by atoms with van der Waals surface area (Å²) in [4.78, 5) is 29.6. The van der Waals surface area contributed by atoms with E-state index in [4.69, 9.17) is 23.7 Å². The van der Waals surface area contributed by atoms with E-state index < -0.39 is 12.0 Å². The molecule has 0 bridgehead atoms. The Balaban J connectivity index is 1.93. The lowest BCUT2D eigenvalue weighted by Gasteiger charge is -2.39. The van der Waals surface area contributed by atoms with Gasteiger partial charge in [0, 0.05) is 19.4 Å². The van der Waals surface area contributed by atoms with Crippen LogP contribution in [0, 0.1) is 5.92 Å². The normalized spacial score (nSPS) is 19.1. The van der Waals surface area contributed by atoms with Gasteiger partial charge in [-0.15, -0.1) is 13.2 Å². The molecule has 0 aromatic heterocycles. The van der Waals surface area contributed by atoms with Gasteiger partial charge in [-0.2, -0.15) is 0 Å². The smallest absolute Gasteiger partial charge is 0.329 e. The van der Waals surface area contributed by atoms with Crippen molar-refractivity contribution < 1.29 is 33.3 Å². The van der Waals surface area contributed by atoms with Gasteiger partial charge in [-0.3, -0.25) is 4.79 Å². The van der Waals surface area contributed by atoms with Crippen LogP contribution in [-0.4, -0.2) is 69.5 Å². The van der Waals surface area contributed by atoms with Gasteiger partial charge in [-0.05, 0) is 62.6 Å². The molecule has 2 aliphatic rings. The molecule has 1 heterocycles. The quantitative estimate of drug-likeness (QED) is 0.132. The predicted molar refractivity (Wildman–Crippen MR) is 160 cm³/mol. The Morgan fingerprint density at radius 3 is 2.39 bits per heavy atom. The van der Waals surface area contributed by atoms with E-state index in [1.54, 1.807) is 31.3 Å². The highest BCUT2D eigenvalue weighted by atomic mass is 16.5. The van der Waals surface area contributed by atoms with Crippen molar-refractivity contribution >= 4 is 11.9 Å². The lowest BCUT2D eigenvalue weighted by atomic mass is 9.75. The van der Waals surface area contributed by atoms with Gasteiger partial charge in [0.1, 0.15) is 12.1 Å². The second-order valence-electron chi connectivity index (χ2n) is 11.0. The van der Waals surface area contributed by atoms with Crippen molar-refractivity contribution in [3.63, 3.8) is 0 Å². The molecule has 1 saturated heterocycles. The van der Waals surface area contributed by atoms with Crippen molar-refractivity contribution in [2.75, 3.05) is 40.6 Å². The van der Waals surface area contributed by atoms with Crippen LogP contribution in [0.3, 0.4) is 0 Å². The highest BCUT2D eigenvalue weighted by molar-refractivity contribution is 5.89. The van der Waals surface area contributed by atoms with Crippen LogP contribution in [-0.2, 0) is 19.1 Å². The number of ether oxygens (including phenoxy) is 5. The molecule has 8 nitrogen and oxygen atoms in total. The van der Waals surface area contributed by atoms with E-state index >= 15 is 0 Å². The standard InChI is InChI=1S/C33H49NO7/c1-6-14-24(3)41-33(36)27-17-11-12-18-34(27)32(35)30(25-15-9-8-10-16-25)26-22-28(37-4)31(38-5)29(23-26)40-21-13-20-39-19-7-2/h6-7,22-25,27,30H,1-2,8-21H2,3-5H3/t24-,27-,30-/m0/s1. The maximum Gasteiger partial charge on any atom is 0.329 e. The maximum atomic E-state index is 14.5. The number of amides is 1. The molecule has 41 heavy (non-hydrogen) atoms. The van der Waals surface area contributed by atoms with Crippen LogP contribution in [0.4, 0.5) is 0 Å². The predicted octanol–water partition coefficient (Wildman–Crippen LogP) is 6.23. The highest BCUT2D eigenvalue weighted by Crippen LogP contribution is 2.45. The topological polar surface area (TPSA) is 83.5 Å². The van der Waals surface area contributed by atoms with Crippen LogP contribution in [0.5, 0.6) is 17.2 Å². The number of piperidine rings is 1. The second-order valence-corrected chi connectivity index (χ2v) is 11.0. The first-order valence-corrected chi connectivity index (χ1v) is 15.1. The summed E-state index contributed by atoms with van der Waals surface area (Å²) in [5.74, 6) is 0.932. The Bertz CT molecular complexity index is 1000. The summed E-state index contributed by atoms with van der Waals surface area (Å²) in [6.45, 7) is 11.3. The molecule has 1 saturated carbocycles. The number of likely N-dealkylation sites (tertiary alicyclic amines) is 1. The van der Waals surface area contributed by atoms with Crippen molar-refractivity contribution in [3.05, 3.63) is 43.0 Å². The van der Waals surface area contributed by atoms with E-state index in [1.165, 1.54) is 6.42 Å². The Morgan fingerprint density at radius 2 is 1.71 bits per heavy atom. The van der Waals surface area contributed by atoms with Gasteiger partial charge in [-0.25, -0.2) is 4.79 Å². The first-order valence-electron chi connectivity index (χ1n) is 15.1. The second kappa shape index (κ2) is 17.1. The van der Waals surface area contributed by atoms with Gasteiger partial charge in [0.05, 0.1) is 40.0 Å². The maximum absolute atomic E-state index is 14.5. The molecule has 0 unspecified atom stereocenters. The minimum Gasteiger partial charge on any atom is -0.493 e. The van der Waals surface area contributed by atoms with Crippen molar-refractivity contribution in [1.29, 1.82) is 0 Å². The Morgan fingerprint density at radius 1 is 0.976 bits per heavy atom. The highest BCUT2D eigenvalue weighted by Gasteiger charge is 2.41. The lowest BCUT2D eigenvalue weighted by Crippen LogP contribution is -2.51. The van der Waals surface area contributed by atoms with Crippen molar-refractivity contribution in [3.8, 4) is 17.2 Å². The summed E-state index contributed by atoms with van der Waals surface area (Å²) >= 11 is 0. The zero-order valence-corrected chi connectivity index (χ0v) is 25.2. The van der Waals surface area contributed by atoms with Gasteiger partial charge in [0.25, 0.3) is 0 Å². The SMILES string of the molecule is C=CCOCCCOc1cc([C@@H](C(=O)N2CCCC[C@H]2C(=O)O[C@@H](C)CC=C)C2CCCCC2)cc(OC)c1OC. The van der Waals surface area contributed by atoms with Gasteiger partial charge in [0.2, 0.25) is 11.7 Å². The average Bonchev–Trinajstić information content (AvgIpc) is 2.99. The molecule has 2 fully saturated rings. The summed E-state index contributed by atoms with van der Waals surface area (Å²) in [7, 11) is 3.17. The Hall–Kier alpha value is -3.00. The largest absolute Gasteiger partial charge is 0.493 e. The number of hydrogen-bond acceptors (Lipinski definition) is 7. The molecule has 3 rings (SSSR count). The Kier molecular flexibility index (Phi) is 13.5. The molecule has 0 radical (unpaired) electrons. The first kappa shape index (κ1) is 32.5. The molecule has 3 atom stereocenters. The minimum atomic E-state index is -0.582. The van der Waals surface area contributed by atoms with Crippen LogP contribution in [0.15, 0.2) is 37.4 Å². The van der Waals surface area contributed by atoms with Gasteiger partial charge < -0.3 is 28.6 Å². The number of benzene rings is 1. The fraction of sp³-hybridized carbons (Fsp3) is 0.636. The summed E-state index contributed by atoms with van der Waals surface area (Å²) in [5.41, 5.74) is 0.829. The molecular weight excluding hydrogens is 522 g/mol. The zero-order valence-electron chi connectivity index (χ0n) is 25.2. The van der Waals surface area contributed by atoms with Crippen LogP contribution in [0.1, 0.15) is 82.6 Å². The third kappa shape index (κ3) is 8.99. The van der Waals surface area contributed by atoms with E-state index in [2.05, 4.69) is 13.2 Å². The molecule has 8 heteroatoms. The number of carbonyl (C=O) groups excluding carboxylic acids is 2. The number of hydrogen-bond donors (Lipinski definition) is 0. The van der Waals surface area contributed by atoms with Crippen molar-refractivity contribution in [1.82, 2.24) is 4.90 Å². The molecular formula is C33H49NO7. The Labute approximate surface area is 246 Å². The van der Waals surface area contributed by atoms with Crippen LogP contribution >= 0.6 is 0 Å².